The summed E-state index contributed by atoms with van der Waals surface area (Å²) in [5, 5.41) is 0. The number of ether oxygens (including phenoxy) is 2. The van der Waals surface area contributed by atoms with E-state index >= 15 is 0 Å². The normalized spacial score (nSPS) is 14.9. The van der Waals surface area contributed by atoms with E-state index in [1.165, 1.54) is 11.6 Å². The molecule has 1 aromatic rings. The molecule has 3 heteroatoms. The zero-order valence-electron chi connectivity index (χ0n) is 12.7. The molecule has 1 aromatic carbocycles. The van der Waals surface area contributed by atoms with Gasteiger partial charge in [-0.25, -0.2) is 4.79 Å². The fourth-order valence-electron chi connectivity index (χ4n) is 2.16. The third kappa shape index (κ3) is 3.85. The van der Waals surface area contributed by atoms with Gasteiger partial charge in [0.15, 0.2) is 0 Å². The van der Waals surface area contributed by atoms with Gasteiger partial charge in [0.1, 0.15) is 12.4 Å². The van der Waals surface area contributed by atoms with Crippen molar-refractivity contribution < 1.29 is 14.3 Å². The number of benzene rings is 1. The smallest absolute Gasteiger partial charge is 0.330 e. The van der Waals surface area contributed by atoms with E-state index < -0.39 is 0 Å². The van der Waals surface area contributed by atoms with Crippen LogP contribution in [0, 0.1) is 0 Å². The zero-order chi connectivity index (χ0) is 15.2. The Morgan fingerprint density at radius 2 is 2.14 bits per heavy atom. The molecule has 0 amide bonds. The first kappa shape index (κ1) is 15.1. The molecule has 3 nitrogen and oxygen atoms in total. The number of rotatable bonds is 4. The van der Waals surface area contributed by atoms with Gasteiger partial charge in [0, 0.05) is 11.6 Å². The quantitative estimate of drug-likeness (QED) is 0.477. The van der Waals surface area contributed by atoms with E-state index in [-0.39, 0.29) is 5.97 Å². The maximum Gasteiger partial charge on any atom is 0.330 e. The van der Waals surface area contributed by atoms with Gasteiger partial charge in [-0.3, -0.25) is 0 Å². The Kier molecular flexibility index (Phi) is 4.99. The Morgan fingerprint density at radius 3 is 2.90 bits per heavy atom. The monoisotopic (exact) mass is 284 g/mol. The molecule has 110 valence electrons. The van der Waals surface area contributed by atoms with E-state index in [0.29, 0.717) is 13.2 Å². The van der Waals surface area contributed by atoms with Crippen molar-refractivity contribution in [3.05, 3.63) is 59.2 Å². The molecule has 2 rings (SSSR count). The average molecular weight is 284 g/mol. The fraction of sp³-hybridized carbons (Fsp3) is 0.278. The van der Waals surface area contributed by atoms with Gasteiger partial charge in [-0.05, 0) is 43.6 Å². The zero-order valence-corrected chi connectivity index (χ0v) is 12.7. The van der Waals surface area contributed by atoms with Crippen LogP contribution in [0.5, 0.6) is 5.75 Å². The molecular weight excluding hydrogens is 264 g/mol. The molecule has 0 saturated carbocycles. The Hall–Kier alpha value is -2.29. The number of hydrogen-bond donors (Lipinski definition) is 0. The molecule has 0 radical (unpaired) electrons. The van der Waals surface area contributed by atoms with Crippen LogP contribution in [0.3, 0.4) is 0 Å². The highest BCUT2D eigenvalue weighted by atomic mass is 16.5. The highest BCUT2D eigenvalue weighted by molar-refractivity contribution is 5.83. The summed E-state index contributed by atoms with van der Waals surface area (Å²) in [6.07, 6.45) is 5.40. The molecular formula is C18H20O3. The lowest BCUT2D eigenvalue weighted by Crippen LogP contribution is -2.08. The van der Waals surface area contributed by atoms with Crippen LogP contribution in [0.1, 0.15) is 26.3 Å². The molecule has 0 atom stereocenters. The largest absolute Gasteiger partial charge is 0.488 e. The van der Waals surface area contributed by atoms with E-state index in [2.05, 4.69) is 13.0 Å². The van der Waals surface area contributed by atoms with Crippen LogP contribution in [-0.2, 0) is 9.53 Å². The molecule has 0 unspecified atom stereocenters. The Morgan fingerprint density at radius 1 is 1.38 bits per heavy atom. The summed E-state index contributed by atoms with van der Waals surface area (Å²) in [6.45, 7) is 6.70. The van der Waals surface area contributed by atoms with Crippen molar-refractivity contribution in [2.75, 3.05) is 13.2 Å². The molecule has 0 saturated heterocycles. The van der Waals surface area contributed by atoms with Gasteiger partial charge >= 0.3 is 5.97 Å². The summed E-state index contributed by atoms with van der Waals surface area (Å²) >= 11 is 0. The number of fused-ring (bicyclic) bond motifs is 1. The van der Waals surface area contributed by atoms with Crippen molar-refractivity contribution in [2.45, 2.75) is 20.8 Å². The van der Waals surface area contributed by atoms with Crippen LogP contribution in [0.4, 0.5) is 0 Å². The Balaban J connectivity index is 2.17. The van der Waals surface area contributed by atoms with E-state index in [1.807, 2.05) is 37.3 Å². The molecule has 0 N–H and O–H groups in total. The van der Waals surface area contributed by atoms with E-state index in [1.54, 1.807) is 6.92 Å². The topological polar surface area (TPSA) is 35.5 Å². The Labute approximate surface area is 125 Å². The first-order chi connectivity index (χ1) is 10.1. The van der Waals surface area contributed by atoms with Crippen LogP contribution in [-0.4, -0.2) is 19.2 Å². The van der Waals surface area contributed by atoms with Crippen LogP contribution in [0.25, 0.3) is 5.57 Å². The number of carbonyl (C=O) groups excluding carboxylic acids is 1. The fourth-order valence-corrected chi connectivity index (χ4v) is 2.16. The second-order valence-corrected chi connectivity index (χ2v) is 4.91. The lowest BCUT2D eigenvalue weighted by molar-refractivity contribution is -0.137. The maximum atomic E-state index is 11.4. The van der Waals surface area contributed by atoms with Gasteiger partial charge in [-0.1, -0.05) is 30.4 Å². The molecule has 0 fully saturated rings. The summed E-state index contributed by atoms with van der Waals surface area (Å²) in [5.41, 5.74) is 4.30. The lowest BCUT2D eigenvalue weighted by atomic mass is 9.98. The minimum atomic E-state index is -0.310. The molecule has 0 aliphatic carbocycles. The van der Waals surface area contributed by atoms with E-state index in [9.17, 15) is 4.79 Å². The highest BCUT2D eigenvalue weighted by Gasteiger charge is 2.14. The second kappa shape index (κ2) is 6.93. The minimum absolute atomic E-state index is 0.310. The van der Waals surface area contributed by atoms with Crippen LogP contribution in [0.2, 0.25) is 0 Å². The summed E-state index contributed by atoms with van der Waals surface area (Å²) in [7, 11) is 0. The summed E-state index contributed by atoms with van der Waals surface area (Å²) in [4.78, 5) is 11.4. The summed E-state index contributed by atoms with van der Waals surface area (Å²) in [5.74, 6) is 0.613. The average Bonchev–Trinajstić information content (AvgIpc) is 2.47. The number of hydrogen-bond acceptors (Lipinski definition) is 3. The van der Waals surface area contributed by atoms with Crippen molar-refractivity contribution in [3.63, 3.8) is 0 Å². The van der Waals surface area contributed by atoms with Crippen molar-refractivity contribution in [2.24, 2.45) is 0 Å². The predicted molar refractivity (Wildman–Crippen MR) is 84.1 cm³/mol. The number of para-hydroxylation sites is 1. The van der Waals surface area contributed by atoms with Crippen LogP contribution < -0.4 is 4.74 Å². The molecule has 21 heavy (non-hydrogen) atoms. The van der Waals surface area contributed by atoms with Gasteiger partial charge in [0.05, 0.1) is 6.61 Å². The van der Waals surface area contributed by atoms with Crippen molar-refractivity contribution >= 4 is 11.5 Å². The molecule has 0 aromatic heterocycles. The van der Waals surface area contributed by atoms with Gasteiger partial charge in [0.2, 0.25) is 0 Å². The van der Waals surface area contributed by atoms with Gasteiger partial charge in [-0.15, -0.1) is 0 Å². The third-order valence-corrected chi connectivity index (χ3v) is 3.34. The molecule has 1 heterocycles. The summed E-state index contributed by atoms with van der Waals surface area (Å²) < 4.78 is 10.6. The molecule has 0 bridgehead atoms. The molecule has 1 aliphatic rings. The number of esters is 1. The third-order valence-electron chi connectivity index (χ3n) is 3.34. The predicted octanol–water partition coefficient (Wildman–Crippen LogP) is 3.92. The maximum absolute atomic E-state index is 11.4. The SMILES string of the molecule is CCOC(=O)/C=C(C)/C=C/C1=C(C)c2ccccc2OC1. The number of carbonyl (C=O) groups is 1. The van der Waals surface area contributed by atoms with Crippen molar-refractivity contribution in [1.29, 1.82) is 0 Å². The molecule has 0 spiro atoms. The Bertz CT molecular complexity index is 621. The standard InChI is InChI=1S/C18H20O3/c1-4-20-18(19)11-13(2)9-10-15-12-21-17-8-6-5-7-16(17)14(15)3/h5-11H,4,12H2,1-3H3/b10-9+,13-11+. The second-order valence-electron chi connectivity index (χ2n) is 4.91. The van der Waals surface area contributed by atoms with Crippen LogP contribution in [0.15, 0.2) is 53.6 Å². The van der Waals surface area contributed by atoms with Gasteiger partial charge in [0.25, 0.3) is 0 Å². The van der Waals surface area contributed by atoms with Crippen molar-refractivity contribution in [3.8, 4) is 5.75 Å². The van der Waals surface area contributed by atoms with Gasteiger partial charge < -0.3 is 9.47 Å². The van der Waals surface area contributed by atoms with Crippen molar-refractivity contribution in [1.82, 2.24) is 0 Å². The van der Waals surface area contributed by atoms with Gasteiger partial charge in [-0.2, -0.15) is 0 Å². The molecule has 1 aliphatic heterocycles. The number of allylic oxidation sites excluding steroid dienone is 3. The lowest BCUT2D eigenvalue weighted by Gasteiger charge is -2.20. The first-order valence-corrected chi connectivity index (χ1v) is 7.07. The summed E-state index contributed by atoms with van der Waals surface area (Å²) in [6, 6.07) is 8.01. The first-order valence-electron chi connectivity index (χ1n) is 7.07. The minimum Gasteiger partial charge on any atom is -0.488 e. The van der Waals surface area contributed by atoms with Crippen LogP contribution >= 0.6 is 0 Å². The highest BCUT2D eigenvalue weighted by Crippen LogP contribution is 2.32. The van der Waals surface area contributed by atoms with E-state index in [0.717, 1.165) is 22.5 Å². The van der Waals surface area contributed by atoms with E-state index in [4.69, 9.17) is 9.47 Å².